The fourth-order valence-electron chi connectivity index (χ4n) is 3.43. The topological polar surface area (TPSA) is 68.5 Å². The highest BCUT2D eigenvalue weighted by Gasteiger charge is 2.14. The first kappa shape index (κ1) is 21.8. The van der Waals surface area contributed by atoms with Crippen molar-refractivity contribution >= 4 is 11.5 Å². The third-order valence-electron chi connectivity index (χ3n) is 5.00. The number of ether oxygens (including phenoxy) is 3. The fraction of sp³-hybridized carbons (Fsp3) is 0.320. The predicted molar refractivity (Wildman–Crippen MR) is 124 cm³/mol. The summed E-state index contributed by atoms with van der Waals surface area (Å²) in [6, 6.07) is 21.8. The lowest BCUT2D eigenvalue weighted by atomic mass is 10.1. The van der Waals surface area contributed by atoms with Crippen molar-refractivity contribution in [2.45, 2.75) is 13.5 Å². The second-order valence-corrected chi connectivity index (χ2v) is 7.52. The molecule has 7 nitrogen and oxygen atoms in total. The number of anilines is 1. The largest absolute Gasteiger partial charge is 0.490 e. The van der Waals surface area contributed by atoms with E-state index in [0.29, 0.717) is 44.7 Å². The van der Waals surface area contributed by atoms with E-state index in [0.717, 1.165) is 30.1 Å². The Kier molecular flexibility index (Phi) is 7.65. The van der Waals surface area contributed by atoms with Crippen LogP contribution < -0.4 is 14.4 Å². The number of para-hydroxylation sites is 1. The van der Waals surface area contributed by atoms with E-state index in [1.54, 1.807) is 0 Å². The van der Waals surface area contributed by atoms with E-state index in [2.05, 4.69) is 39.2 Å². The summed E-state index contributed by atoms with van der Waals surface area (Å²) in [4.78, 5) is 6.77. The minimum Gasteiger partial charge on any atom is -0.490 e. The smallest absolute Gasteiger partial charge is 0.217 e. The Morgan fingerprint density at radius 1 is 0.938 bits per heavy atom. The lowest BCUT2D eigenvalue weighted by Gasteiger charge is -2.29. The minimum absolute atomic E-state index is 0.383. The van der Waals surface area contributed by atoms with Crippen LogP contribution in [0, 0.1) is 6.92 Å². The van der Waals surface area contributed by atoms with Crippen LogP contribution in [0.2, 0.25) is 0 Å². The number of aryl methyl sites for hydroxylation is 1. The van der Waals surface area contributed by atoms with E-state index in [-0.39, 0.29) is 0 Å². The number of benzene rings is 2. The van der Waals surface area contributed by atoms with Gasteiger partial charge in [-0.05, 0) is 24.6 Å². The number of nitrogens with zero attached hydrogens (tertiary/aromatic N) is 4. The molecule has 3 aromatic rings. The maximum Gasteiger partial charge on any atom is 0.217 e. The first-order valence-corrected chi connectivity index (χ1v) is 10.8. The normalized spacial score (nSPS) is 14.0. The van der Waals surface area contributed by atoms with E-state index in [9.17, 15) is 0 Å². The summed E-state index contributed by atoms with van der Waals surface area (Å²) >= 11 is 0. The van der Waals surface area contributed by atoms with Crippen LogP contribution in [-0.2, 0) is 11.3 Å². The maximum atomic E-state index is 5.88. The second-order valence-electron chi connectivity index (χ2n) is 7.52. The van der Waals surface area contributed by atoms with Gasteiger partial charge in [-0.2, -0.15) is 10.1 Å². The molecule has 2 aromatic carbocycles. The molecule has 166 valence electrons. The Hall–Kier alpha value is -3.45. The van der Waals surface area contributed by atoms with Crippen molar-refractivity contribution in [3.63, 3.8) is 0 Å². The number of azo groups is 1. The molecule has 0 saturated carbocycles. The average molecular weight is 433 g/mol. The van der Waals surface area contributed by atoms with Crippen LogP contribution in [0.4, 0.5) is 11.5 Å². The average Bonchev–Trinajstić information content (AvgIpc) is 2.83. The summed E-state index contributed by atoms with van der Waals surface area (Å²) in [5.74, 6) is 1.85. The van der Waals surface area contributed by atoms with Crippen molar-refractivity contribution < 1.29 is 14.2 Å². The van der Waals surface area contributed by atoms with Crippen LogP contribution in [0.25, 0.3) is 0 Å². The molecule has 1 fully saturated rings. The third kappa shape index (κ3) is 6.52. The molecule has 1 aliphatic heterocycles. The standard InChI is InChI=1S/C25H28N4O3/c1-20-6-5-7-21(16-20)19-26-28-24-17-22(29-10-12-30-13-11-29)18-25(27-24)32-15-14-31-23-8-3-2-4-9-23/h2-9,16-18H,10-15,19H2,1H3. The number of hydrogen-bond donors (Lipinski definition) is 0. The van der Waals surface area contributed by atoms with Gasteiger partial charge in [-0.25, -0.2) is 0 Å². The van der Waals surface area contributed by atoms with Crippen molar-refractivity contribution in [1.82, 2.24) is 4.98 Å². The van der Waals surface area contributed by atoms with Gasteiger partial charge in [0.15, 0.2) is 5.82 Å². The molecular weight excluding hydrogens is 404 g/mol. The molecule has 0 amide bonds. The molecule has 0 radical (unpaired) electrons. The molecule has 2 heterocycles. The van der Waals surface area contributed by atoms with E-state index >= 15 is 0 Å². The van der Waals surface area contributed by atoms with Crippen LogP contribution in [0.1, 0.15) is 11.1 Å². The van der Waals surface area contributed by atoms with Crippen molar-refractivity contribution in [2.75, 3.05) is 44.4 Å². The Morgan fingerprint density at radius 2 is 1.75 bits per heavy atom. The third-order valence-corrected chi connectivity index (χ3v) is 5.00. The van der Waals surface area contributed by atoms with Gasteiger partial charge in [-0.15, -0.1) is 5.11 Å². The van der Waals surface area contributed by atoms with Crippen LogP contribution in [0.5, 0.6) is 11.6 Å². The lowest BCUT2D eigenvalue weighted by Crippen LogP contribution is -2.36. The van der Waals surface area contributed by atoms with Crippen molar-refractivity contribution in [1.29, 1.82) is 0 Å². The van der Waals surface area contributed by atoms with Gasteiger partial charge >= 0.3 is 0 Å². The summed E-state index contributed by atoms with van der Waals surface area (Å²) in [5, 5.41) is 8.72. The minimum atomic E-state index is 0.383. The van der Waals surface area contributed by atoms with Crippen molar-refractivity contribution in [3.8, 4) is 11.6 Å². The molecule has 7 heteroatoms. The first-order chi connectivity index (χ1) is 15.8. The molecule has 0 bridgehead atoms. The summed E-state index contributed by atoms with van der Waals surface area (Å²) in [5.41, 5.74) is 3.33. The number of rotatable bonds is 9. The number of pyridine rings is 1. The number of aromatic nitrogens is 1. The second kappa shape index (κ2) is 11.2. The van der Waals surface area contributed by atoms with E-state index in [1.165, 1.54) is 5.56 Å². The molecule has 1 saturated heterocycles. The highest BCUT2D eigenvalue weighted by atomic mass is 16.5. The molecular formula is C25H28N4O3. The zero-order valence-electron chi connectivity index (χ0n) is 18.3. The van der Waals surface area contributed by atoms with Crippen LogP contribution in [-0.4, -0.2) is 44.5 Å². The van der Waals surface area contributed by atoms with Gasteiger partial charge in [0.25, 0.3) is 0 Å². The fourth-order valence-corrected chi connectivity index (χ4v) is 3.43. The van der Waals surface area contributed by atoms with Gasteiger partial charge in [0, 0.05) is 30.9 Å². The van der Waals surface area contributed by atoms with Gasteiger partial charge in [-0.1, -0.05) is 48.0 Å². The molecule has 1 aromatic heterocycles. The van der Waals surface area contributed by atoms with Gasteiger partial charge < -0.3 is 19.1 Å². The Bertz CT molecular complexity index is 1020. The van der Waals surface area contributed by atoms with E-state index in [1.807, 2.05) is 54.6 Å². The molecule has 4 rings (SSSR count). The van der Waals surface area contributed by atoms with Crippen LogP contribution >= 0.6 is 0 Å². The summed E-state index contributed by atoms with van der Waals surface area (Å²) < 4.78 is 17.1. The quantitative estimate of drug-likeness (QED) is 0.353. The molecule has 1 aliphatic rings. The molecule has 0 N–H and O–H groups in total. The van der Waals surface area contributed by atoms with E-state index < -0.39 is 0 Å². The Labute approximate surface area is 188 Å². The summed E-state index contributed by atoms with van der Waals surface area (Å²) in [6.07, 6.45) is 0. The zero-order valence-corrected chi connectivity index (χ0v) is 18.3. The van der Waals surface area contributed by atoms with Crippen molar-refractivity contribution in [3.05, 3.63) is 77.9 Å². The molecule has 0 spiro atoms. The van der Waals surface area contributed by atoms with Gasteiger partial charge in [-0.3, -0.25) is 0 Å². The Morgan fingerprint density at radius 3 is 2.56 bits per heavy atom. The Balaban J connectivity index is 1.42. The predicted octanol–water partition coefficient (Wildman–Crippen LogP) is 4.97. The van der Waals surface area contributed by atoms with Gasteiger partial charge in [0.1, 0.15) is 19.0 Å². The SMILES string of the molecule is Cc1cccc(CN=Nc2cc(N3CCOCC3)cc(OCCOc3ccccc3)n2)c1. The zero-order chi connectivity index (χ0) is 22.0. The first-order valence-electron chi connectivity index (χ1n) is 10.8. The molecule has 0 aliphatic carbocycles. The summed E-state index contributed by atoms with van der Waals surface area (Å²) in [6.45, 7) is 6.43. The maximum absolute atomic E-state index is 5.88. The monoisotopic (exact) mass is 432 g/mol. The number of hydrogen-bond acceptors (Lipinski definition) is 7. The summed E-state index contributed by atoms with van der Waals surface area (Å²) in [7, 11) is 0. The van der Waals surface area contributed by atoms with Gasteiger partial charge in [0.2, 0.25) is 5.88 Å². The molecule has 0 atom stereocenters. The van der Waals surface area contributed by atoms with Gasteiger partial charge in [0.05, 0.1) is 19.8 Å². The number of morpholine rings is 1. The molecule has 32 heavy (non-hydrogen) atoms. The molecule has 0 unspecified atom stereocenters. The highest BCUT2D eigenvalue weighted by Crippen LogP contribution is 2.26. The van der Waals surface area contributed by atoms with E-state index in [4.69, 9.17) is 14.2 Å². The highest BCUT2D eigenvalue weighted by molar-refractivity contribution is 5.55. The van der Waals surface area contributed by atoms with Crippen molar-refractivity contribution in [2.24, 2.45) is 10.2 Å². The van der Waals surface area contributed by atoms with Crippen LogP contribution in [0.15, 0.2) is 77.0 Å². The van der Waals surface area contributed by atoms with Crippen LogP contribution in [0.3, 0.4) is 0 Å². The lowest BCUT2D eigenvalue weighted by molar-refractivity contribution is 0.122.